The number of ether oxygens (including phenoxy) is 1. The van der Waals surface area contributed by atoms with Gasteiger partial charge in [-0.1, -0.05) is 6.07 Å². The first-order valence-corrected chi connectivity index (χ1v) is 6.85. The maximum atomic E-state index is 13.3. The number of nitrogens with one attached hydrogen (secondary N) is 2. The van der Waals surface area contributed by atoms with Gasteiger partial charge in [0.1, 0.15) is 11.9 Å². The molecule has 0 bridgehead atoms. The molecule has 0 heterocycles. The van der Waals surface area contributed by atoms with Crippen LogP contribution in [-0.2, 0) is 14.3 Å². The molecule has 0 saturated carbocycles. The third kappa shape index (κ3) is 5.16. The molecule has 0 fully saturated rings. The molecule has 0 saturated heterocycles. The minimum Gasteiger partial charge on any atom is -0.452 e. The number of carbonyl (C=O) groups excluding carboxylic acids is 3. The molecule has 0 aromatic heterocycles. The largest absolute Gasteiger partial charge is 0.452 e. The molecule has 0 radical (unpaired) electrons. The summed E-state index contributed by atoms with van der Waals surface area (Å²) in [5.41, 5.74) is 0.428. The molecule has 0 aliphatic carbocycles. The Morgan fingerprint density at radius 1 is 1.32 bits per heavy atom. The molecule has 1 aromatic carbocycles. The predicted molar refractivity (Wildman–Crippen MR) is 77.7 cm³/mol. The summed E-state index contributed by atoms with van der Waals surface area (Å²) < 4.78 is 18.1. The van der Waals surface area contributed by atoms with Crippen LogP contribution in [0.4, 0.5) is 4.39 Å². The number of likely N-dealkylation sites (N-methyl/N-ethyl adjacent to an activating group) is 1. The van der Waals surface area contributed by atoms with Crippen molar-refractivity contribution >= 4 is 17.8 Å². The highest BCUT2D eigenvalue weighted by Crippen LogP contribution is 2.10. The van der Waals surface area contributed by atoms with Gasteiger partial charge in [0.15, 0.2) is 6.61 Å². The fourth-order valence-corrected chi connectivity index (χ4v) is 1.61. The Morgan fingerprint density at radius 2 is 2.00 bits per heavy atom. The number of halogens is 1. The average molecular weight is 310 g/mol. The smallest absolute Gasteiger partial charge is 0.338 e. The molecule has 7 heteroatoms. The second-order valence-corrected chi connectivity index (χ2v) is 4.72. The van der Waals surface area contributed by atoms with Gasteiger partial charge in [-0.2, -0.15) is 0 Å². The number of amides is 2. The van der Waals surface area contributed by atoms with Gasteiger partial charge in [-0.3, -0.25) is 9.59 Å². The Bertz CT molecular complexity index is 575. The van der Waals surface area contributed by atoms with E-state index in [0.29, 0.717) is 12.1 Å². The Balaban J connectivity index is 2.48. The topological polar surface area (TPSA) is 84.5 Å². The van der Waals surface area contributed by atoms with E-state index in [1.807, 2.05) is 0 Å². The van der Waals surface area contributed by atoms with Crippen molar-refractivity contribution in [2.75, 3.05) is 13.2 Å². The zero-order chi connectivity index (χ0) is 16.7. The van der Waals surface area contributed by atoms with E-state index in [2.05, 4.69) is 10.6 Å². The van der Waals surface area contributed by atoms with Crippen LogP contribution in [0.3, 0.4) is 0 Å². The van der Waals surface area contributed by atoms with Gasteiger partial charge < -0.3 is 15.4 Å². The van der Waals surface area contributed by atoms with Crippen LogP contribution >= 0.6 is 0 Å². The molecular weight excluding hydrogens is 291 g/mol. The molecule has 120 valence electrons. The van der Waals surface area contributed by atoms with Crippen LogP contribution in [0.15, 0.2) is 18.2 Å². The van der Waals surface area contributed by atoms with E-state index in [9.17, 15) is 18.8 Å². The van der Waals surface area contributed by atoms with Gasteiger partial charge in [-0.15, -0.1) is 0 Å². The molecule has 6 nitrogen and oxygen atoms in total. The number of hydrogen-bond donors (Lipinski definition) is 2. The van der Waals surface area contributed by atoms with E-state index in [4.69, 9.17) is 4.74 Å². The summed E-state index contributed by atoms with van der Waals surface area (Å²) in [7, 11) is 0. The van der Waals surface area contributed by atoms with Crippen LogP contribution in [-0.4, -0.2) is 37.0 Å². The summed E-state index contributed by atoms with van der Waals surface area (Å²) in [6, 6.07) is 3.18. The van der Waals surface area contributed by atoms with Crippen LogP contribution in [0.25, 0.3) is 0 Å². The van der Waals surface area contributed by atoms with Crippen LogP contribution in [0.2, 0.25) is 0 Å². The average Bonchev–Trinajstić information content (AvgIpc) is 2.47. The first-order valence-electron chi connectivity index (χ1n) is 6.85. The van der Waals surface area contributed by atoms with Crippen molar-refractivity contribution < 1.29 is 23.5 Å². The molecule has 1 rings (SSSR count). The number of esters is 1. The van der Waals surface area contributed by atoms with E-state index >= 15 is 0 Å². The number of aryl methyl sites for hydroxylation is 1. The maximum absolute atomic E-state index is 13.3. The lowest BCUT2D eigenvalue weighted by Crippen LogP contribution is -2.46. The predicted octanol–water partition coefficient (Wildman–Crippen LogP) is 0.932. The van der Waals surface area contributed by atoms with E-state index in [-0.39, 0.29) is 11.5 Å². The summed E-state index contributed by atoms with van der Waals surface area (Å²) in [4.78, 5) is 34.7. The SMILES string of the molecule is CCNC(=O)[C@@H](C)NC(=O)COC(=O)c1ccc(C)c(F)c1. The zero-order valence-electron chi connectivity index (χ0n) is 12.7. The highest BCUT2D eigenvalue weighted by Gasteiger charge is 2.16. The van der Waals surface area contributed by atoms with Crippen molar-refractivity contribution in [2.24, 2.45) is 0 Å². The minimum absolute atomic E-state index is 0.0210. The fraction of sp³-hybridized carbons (Fsp3) is 0.400. The summed E-state index contributed by atoms with van der Waals surface area (Å²) in [5.74, 6) is -2.27. The van der Waals surface area contributed by atoms with Gasteiger partial charge in [0.2, 0.25) is 5.91 Å². The molecule has 0 aliphatic heterocycles. The molecule has 22 heavy (non-hydrogen) atoms. The zero-order valence-corrected chi connectivity index (χ0v) is 12.7. The lowest BCUT2D eigenvalue weighted by Gasteiger charge is -2.13. The van der Waals surface area contributed by atoms with Crippen molar-refractivity contribution in [2.45, 2.75) is 26.8 Å². The van der Waals surface area contributed by atoms with Gasteiger partial charge in [-0.25, -0.2) is 9.18 Å². The van der Waals surface area contributed by atoms with Crippen LogP contribution in [0.1, 0.15) is 29.8 Å². The lowest BCUT2D eigenvalue weighted by molar-refractivity contribution is -0.130. The van der Waals surface area contributed by atoms with E-state index in [1.54, 1.807) is 13.8 Å². The third-order valence-corrected chi connectivity index (χ3v) is 2.86. The van der Waals surface area contributed by atoms with E-state index in [0.717, 1.165) is 6.07 Å². The first kappa shape index (κ1) is 17.6. The Kier molecular flexibility index (Phi) is 6.49. The molecule has 1 atom stereocenters. The van der Waals surface area contributed by atoms with Crippen LogP contribution in [0.5, 0.6) is 0 Å². The Morgan fingerprint density at radius 3 is 2.59 bits per heavy atom. The van der Waals surface area contributed by atoms with Crippen molar-refractivity contribution in [1.82, 2.24) is 10.6 Å². The van der Waals surface area contributed by atoms with Gasteiger partial charge in [0.05, 0.1) is 5.56 Å². The standard InChI is InChI=1S/C15H19FN2O4/c1-4-17-14(20)10(3)18-13(19)8-22-15(21)11-6-5-9(2)12(16)7-11/h5-7,10H,4,8H2,1-3H3,(H,17,20)(H,18,19)/t10-/m1/s1. The van der Waals surface area contributed by atoms with E-state index in [1.165, 1.54) is 19.1 Å². The summed E-state index contributed by atoms with van der Waals surface area (Å²) in [5, 5.41) is 4.94. The van der Waals surface area contributed by atoms with E-state index < -0.39 is 30.3 Å². The Hall–Kier alpha value is -2.44. The van der Waals surface area contributed by atoms with Gasteiger partial charge in [0.25, 0.3) is 5.91 Å². The minimum atomic E-state index is -0.806. The van der Waals surface area contributed by atoms with Crippen molar-refractivity contribution in [3.05, 3.63) is 35.1 Å². The summed E-state index contributed by atoms with van der Waals surface area (Å²) in [6.45, 7) is 4.75. The highest BCUT2D eigenvalue weighted by atomic mass is 19.1. The van der Waals surface area contributed by atoms with Gasteiger partial charge in [-0.05, 0) is 38.5 Å². The molecule has 1 aromatic rings. The fourth-order valence-electron chi connectivity index (χ4n) is 1.61. The maximum Gasteiger partial charge on any atom is 0.338 e. The van der Waals surface area contributed by atoms with Crippen molar-refractivity contribution in [3.63, 3.8) is 0 Å². The summed E-state index contributed by atoms with van der Waals surface area (Å²) in [6.07, 6.45) is 0. The second kappa shape index (κ2) is 8.11. The molecular formula is C15H19FN2O4. The number of carbonyl (C=O) groups is 3. The number of benzene rings is 1. The van der Waals surface area contributed by atoms with Gasteiger partial charge in [0, 0.05) is 6.54 Å². The van der Waals surface area contributed by atoms with Crippen LogP contribution < -0.4 is 10.6 Å². The quantitative estimate of drug-likeness (QED) is 0.766. The first-order chi connectivity index (χ1) is 10.3. The van der Waals surface area contributed by atoms with Gasteiger partial charge >= 0.3 is 5.97 Å². The molecule has 2 amide bonds. The monoisotopic (exact) mass is 310 g/mol. The van der Waals surface area contributed by atoms with Crippen molar-refractivity contribution in [3.8, 4) is 0 Å². The second-order valence-electron chi connectivity index (χ2n) is 4.72. The third-order valence-electron chi connectivity index (χ3n) is 2.86. The molecule has 2 N–H and O–H groups in total. The normalized spacial score (nSPS) is 11.5. The van der Waals surface area contributed by atoms with Crippen molar-refractivity contribution in [1.29, 1.82) is 0 Å². The molecule has 0 aliphatic rings. The Labute approximate surface area is 128 Å². The lowest BCUT2D eigenvalue weighted by atomic mass is 10.1. The van der Waals surface area contributed by atoms with Crippen LogP contribution in [0, 0.1) is 12.7 Å². The number of rotatable bonds is 6. The molecule has 0 spiro atoms. The number of hydrogen-bond acceptors (Lipinski definition) is 4. The molecule has 0 unspecified atom stereocenters. The highest BCUT2D eigenvalue weighted by molar-refractivity contribution is 5.92. The summed E-state index contributed by atoms with van der Waals surface area (Å²) >= 11 is 0.